The Kier molecular flexibility index (Phi) is 21.3. The van der Waals surface area contributed by atoms with E-state index >= 15 is 0 Å². The van der Waals surface area contributed by atoms with E-state index in [1.54, 1.807) is 0 Å². The van der Waals surface area contributed by atoms with Crippen LogP contribution >= 0.6 is 0 Å². The van der Waals surface area contributed by atoms with Gasteiger partial charge in [-0.3, -0.25) is 9.79 Å². The van der Waals surface area contributed by atoms with Gasteiger partial charge in [0.15, 0.2) is 12.6 Å². The first kappa shape index (κ1) is 50.0. The number of aliphatic carboxylic acids is 1. The number of ether oxygens (including phenoxy) is 6. The van der Waals surface area contributed by atoms with Crippen LogP contribution in [0.2, 0.25) is 0 Å². The number of carboxylic acids is 1. The van der Waals surface area contributed by atoms with Crippen LogP contribution in [0.3, 0.4) is 0 Å². The fraction of sp³-hybridized carbons (Fsp3) is 0.909. The average Bonchev–Trinajstić information content (AvgIpc) is 3.12. The Morgan fingerprint density at radius 3 is 2.09 bits per heavy atom. The van der Waals surface area contributed by atoms with Crippen LogP contribution in [0.1, 0.15) is 65.7 Å². The minimum absolute atomic E-state index is 0. The molecule has 0 aliphatic carbocycles. The van der Waals surface area contributed by atoms with Crippen LogP contribution in [-0.2, 0) is 38.0 Å². The molecular weight excluding hydrogens is 751 g/mol. The van der Waals surface area contributed by atoms with Crippen LogP contribution < -0.4 is 40.0 Å². The van der Waals surface area contributed by atoms with Crippen LogP contribution in [0, 0.1) is 0 Å². The molecule has 3 heterocycles. The van der Waals surface area contributed by atoms with Crippen LogP contribution in [0.15, 0.2) is 4.99 Å². The van der Waals surface area contributed by atoms with Crippen LogP contribution in [0.5, 0.6) is 0 Å². The number of nitrogens with zero attached hydrogens (tertiary/aromatic N) is 1. The standard InChI is InChI=1S/C33H58N2O19.Na/c1-4-5-6-7-8-9-10-49-30-22(35-16(3)40)25(45)27(20(14-38)51-30)52-31-26(46)29(24(44)19(13-37)50-31)54-33(32(47)48)11-17(41)21(34-15(2)39)28(53-33)23(43)18(42)12-36;/h17-31,36-38,41-46H,4-14H2,1-3H3,(H,34,39)(H,35,40)(H,47,48);/q;+1/p-1/t17-,18+,19+,20+,21+,22+,23+,24-,25+,26+,27+,28+,29-,30+,31-,33-;/m0./s1. The monoisotopic (exact) mass is 808 g/mol. The summed E-state index contributed by atoms with van der Waals surface area (Å²) < 4.78 is 34.4. The van der Waals surface area contributed by atoms with Gasteiger partial charge >= 0.3 is 35.5 Å². The molecule has 0 saturated carbocycles. The van der Waals surface area contributed by atoms with Crippen LogP contribution in [-0.4, -0.2) is 193 Å². The second kappa shape index (κ2) is 23.4. The van der Waals surface area contributed by atoms with Crippen molar-refractivity contribution in [2.24, 2.45) is 4.99 Å². The van der Waals surface area contributed by atoms with Crippen molar-refractivity contribution < 1.29 is 124 Å². The van der Waals surface area contributed by atoms with E-state index in [1.807, 2.05) is 0 Å². The van der Waals surface area contributed by atoms with Gasteiger partial charge in [-0.2, -0.15) is 0 Å². The summed E-state index contributed by atoms with van der Waals surface area (Å²) in [7, 11) is 0. The molecule has 0 spiro atoms. The third kappa shape index (κ3) is 12.9. The molecule has 22 heteroatoms. The summed E-state index contributed by atoms with van der Waals surface area (Å²) in [6, 6.07) is -2.93. The third-order valence-electron chi connectivity index (χ3n) is 9.55. The summed E-state index contributed by atoms with van der Waals surface area (Å²) in [5, 5.41) is 120. The molecule has 55 heavy (non-hydrogen) atoms. The van der Waals surface area contributed by atoms with E-state index in [0.29, 0.717) is 6.42 Å². The summed E-state index contributed by atoms with van der Waals surface area (Å²) in [5.41, 5.74) is 0. The van der Waals surface area contributed by atoms with E-state index in [9.17, 15) is 65.8 Å². The summed E-state index contributed by atoms with van der Waals surface area (Å²) in [6.07, 6.45) is -19.1. The summed E-state index contributed by atoms with van der Waals surface area (Å²) in [4.78, 5) is 28.6. The smallest absolute Gasteiger partial charge is 0.862 e. The summed E-state index contributed by atoms with van der Waals surface area (Å²) in [6.45, 7) is 1.69. The fourth-order valence-corrected chi connectivity index (χ4v) is 6.71. The van der Waals surface area contributed by atoms with Gasteiger partial charge < -0.3 is 89.9 Å². The molecule has 0 aromatic rings. The molecule has 314 valence electrons. The maximum absolute atomic E-state index is 12.8. The molecule has 3 aliphatic heterocycles. The van der Waals surface area contributed by atoms with Crippen molar-refractivity contribution in [1.82, 2.24) is 5.32 Å². The molecule has 0 unspecified atom stereocenters. The van der Waals surface area contributed by atoms with E-state index in [4.69, 9.17) is 28.4 Å². The summed E-state index contributed by atoms with van der Waals surface area (Å²) >= 11 is 0. The molecule has 1 amide bonds. The Hall–Kier alpha value is -1.19. The molecule has 3 rings (SSSR count). The molecule has 3 aliphatic rings. The molecule has 3 saturated heterocycles. The van der Waals surface area contributed by atoms with Gasteiger partial charge in [0.05, 0.1) is 25.9 Å². The minimum Gasteiger partial charge on any atom is -0.862 e. The zero-order valence-corrected chi connectivity index (χ0v) is 33.5. The Balaban J connectivity index is 0.0000105. The van der Waals surface area contributed by atoms with Crippen molar-refractivity contribution in [3.05, 3.63) is 0 Å². The predicted molar refractivity (Wildman–Crippen MR) is 178 cm³/mol. The van der Waals surface area contributed by atoms with Crippen molar-refractivity contribution in [2.75, 3.05) is 26.4 Å². The van der Waals surface area contributed by atoms with E-state index < -0.39 is 142 Å². The minimum atomic E-state index is -3.05. The number of amides is 1. The van der Waals surface area contributed by atoms with Crippen molar-refractivity contribution in [2.45, 2.75) is 163 Å². The van der Waals surface area contributed by atoms with Gasteiger partial charge in [-0.25, -0.2) is 4.79 Å². The second-order valence-electron chi connectivity index (χ2n) is 13.8. The number of carbonyl (C=O) groups is 2. The summed E-state index contributed by atoms with van der Waals surface area (Å²) in [5.74, 6) is -6.46. The Bertz CT molecular complexity index is 1200. The number of carbonyl (C=O) groups excluding carboxylic acids is 1. The maximum Gasteiger partial charge on any atom is 1.00 e. The number of unbranched alkanes of at least 4 members (excludes halogenated alkanes) is 5. The molecule has 16 atom stereocenters. The zero-order chi connectivity index (χ0) is 40.3. The SMILES string of the molecule is CCCCCCCCO[C@@H]1O[C@H](CO)[C@@H](O[C@@H]2O[C@H](CO)[C@H](O)[C@H](O[C@]3(C(=O)O)C[C@H](O)[C@@H](N=C(C)[O-])[C@H]([C@H](O)[C@H](O)CO)O3)[C@H]2O)[C@H](O)[C@H]1NC(C)=O.[Na+]. The van der Waals surface area contributed by atoms with E-state index in [-0.39, 0.29) is 36.2 Å². The predicted octanol–water partition coefficient (Wildman–Crippen LogP) is -8.05. The number of nitrogens with one attached hydrogen (secondary N) is 1. The number of carboxylic acid groups (broad SMARTS) is 1. The van der Waals surface area contributed by atoms with Gasteiger partial charge in [0.25, 0.3) is 5.79 Å². The van der Waals surface area contributed by atoms with Gasteiger partial charge in [0, 0.05) is 20.0 Å². The maximum atomic E-state index is 12.8. The molecule has 0 radical (unpaired) electrons. The largest absolute Gasteiger partial charge is 1.00 e. The Morgan fingerprint density at radius 1 is 0.909 bits per heavy atom. The van der Waals surface area contributed by atoms with Crippen LogP contribution in [0.25, 0.3) is 0 Å². The van der Waals surface area contributed by atoms with E-state index in [2.05, 4.69) is 17.2 Å². The number of hydrogen-bond acceptors (Lipinski definition) is 19. The zero-order valence-electron chi connectivity index (χ0n) is 31.5. The molecule has 21 nitrogen and oxygen atoms in total. The van der Waals surface area contributed by atoms with Crippen molar-refractivity contribution in [1.29, 1.82) is 0 Å². The van der Waals surface area contributed by atoms with Gasteiger partial charge in [-0.1, -0.05) is 39.0 Å². The normalized spacial score (nSPS) is 38.1. The molecule has 0 aromatic carbocycles. The molecule has 0 aromatic heterocycles. The first-order valence-corrected chi connectivity index (χ1v) is 18.1. The Labute approximate surface area is 340 Å². The van der Waals surface area contributed by atoms with Gasteiger partial charge in [0.1, 0.15) is 73.1 Å². The second-order valence-corrected chi connectivity index (χ2v) is 13.8. The molecule has 3 fully saturated rings. The first-order valence-electron chi connectivity index (χ1n) is 18.1. The number of rotatable bonds is 20. The quantitative estimate of drug-likeness (QED) is 0.0235. The van der Waals surface area contributed by atoms with Crippen molar-refractivity contribution in [3.63, 3.8) is 0 Å². The van der Waals surface area contributed by atoms with Crippen molar-refractivity contribution in [3.8, 4) is 0 Å². The number of aliphatic hydroxyl groups is 9. The van der Waals surface area contributed by atoms with E-state index in [0.717, 1.165) is 39.0 Å². The average molecular weight is 809 g/mol. The Morgan fingerprint density at radius 2 is 1.53 bits per heavy atom. The third-order valence-corrected chi connectivity index (χ3v) is 9.55. The first-order chi connectivity index (χ1) is 25.5. The number of aliphatic imine (C=N–C) groups is 1. The van der Waals surface area contributed by atoms with Gasteiger partial charge in [-0.05, 0) is 19.2 Å². The molecular formula is C33H57N2NaO19. The fourth-order valence-electron chi connectivity index (χ4n) is 6.71. The molecule has 11 N–H and O–H groups in total. The topological polar surface area (TPSA) is 339 Å². The van der Waals surface area contributed by atoms with Gasteiger partial charge in [-0.15, -0.1) is 0 Å². The van der Waals surface area contributed by atoms with Gasteiger partial charge in [0.2, 0.25) is 5.91 Å². The van der Waals surface area contributed by atoms with Crippen LogP contribution in [0.4, 0.5) is 0 Å². The van der Waals surface area contributed by atoms with Crippen molar-refractivity contribution >= 4 is 17.8 Å². The number of aliphatic hydroxyl groups excluding tert-OH is 9. The molecule has 0 bridgehead atoms. The van der Waals surface area contributed by atoms with E-state index in [1.165, 1.54) is 6.92 Å². The number of hydrogen-bond donors (Lipinski definition) is 11.